The Labute approximate surface area is 138 Å². The van der Waals surface area contributed by atoms with Gasteiger partial charge in [-0.2, -0.15) is 0 Å². The molecule has 1 aromatic carbocycles. The smallest absolute Gasteiger partial charge is 0.215 e. The molecule has 1 fully saturated rings. The van der Waals surface area contributed by atoms with E-state index in [0.717, 1.165) is 0 Å². The van der Waals surface area contributed by atoms with E-state index in [2.05, 4.69) is 4.98 Å². The number of imidazole rings is 1. The Morgan fingerprint density at radius 2 is 2.23 bits per heavy atom. The van der Waals surface area contributed by atoms with Gasteiger partial charge in [0.1, 0.15) is 5.60 Å². The van der Waals surface area contributed by atoms with Gasteiger partial charge >= 0.3 is 0 Å². The van der Waals surface area contributed by atoms with Crippen LogP contribution in [0, 0.1) is 0 Å². The quantitative estimate of drug-likeness (QED) is 0.928. The van der Waals surface area contributed by atoms with Crippen molar-refractivity contribution in [3.05, 3.63) is 52.5 Å². The minimum absolute atomic E-state index is 0.149. The summed E-state index contributed by atoms with van der Waals surface area (Å²) in [4.78, 5) is 4.03. The van der Waals surface area contributed by atoms with Gasteiger partial charge in [0.15, 0.2) is 0 Å². The van der Waals surface area contributed by atoms with Gasteiger partial charge in [0.05, 0.1) is 31.1 Å². The predicted octanol–water partition coefficient (Wildman–Crippen LogP) is 2.84. The zero-order valence-corrected chi connectivity index (χ0v) is 13.5. The fraction of sp³-hybridized carbons (Fsp3) is 0.400. The SMILES string of the molecule is C[C@@]1(CO)CO[C@@](Cn2ccnc2)(c2ccc(Cl)cc2Cl)O1. The van der Waals surface area contributed by atoms with Gasteiger partial charge in [0, 0.05) is 23.0 Å². The van der Waals surface area contributed by atoms with E-state index in [1.54, 1.807) is 37.6 Å². The molecule has 0 aliphatic carbocycles. The maximum absolute atomic E-state index is 9.57. The van der Waals surface area contributed by atoms with Gasteiger partial charge in [-0.05, 0) is 19.1 Å². The molecule has 1 saturated heterocycles. The van der Waals surface area contributed by atoms with Gasteiger partial charge < -0.3 is 19.1 Å². The Hall–Kier alpha value is -1.11. The van der Waals surface area contributed by atoms with Gasteiger partial charge in [0.2, 0.25) is 5.79 Å². The van der Waals surface area contributed by atoms with Crippen LogP contribution >= 0.6 is 23.2 Å². The van der Waals surface area contributed by atoms with Crippen LogP contribution in [0.1, 0.15) is 12.5 Å². The van der Waals surface area contributed by atoms with E-state index in [4.69, 9.17) is 32.7 Å². The molecule has 2 aromatic rings. The van der Waals surface area contributed by atoms with Crippen LogP contribution in [-0.4, -0.2) is 33.5 Å². The van der Waals surface area contributed by atoms with Crippen LogP contribution in [0.3, 0.4) is 0 Å². The van der Waals surface area contributed by atoms with Crippen molar-refractivity contribution in [1.29, 1.82) is 0 Å². The van der Waals surface area contributed by atoms with Crippen molar-refractivity contribution in [1.82, 2.24) is 9.55 Å². The van der Waals surface area contributed by atoms with Crippen LogP contribution < -0.4 is 0 Å². The summed E-state index contributed by atoms with van der Waals surface area (Å²) in [7, 11) is 0. The van der Waals surface area contributed by atoms with E-state index in [9.17, 15) is 5.11 Å². The number of rotatable bonds is 4. The van der Waals surface area contributed by atoms with Crippen LogP contribution in [0.25, 0.3) is 0 Å². The maximum Gasteiger partial charge on any atom is 0.215 e. The standard InChI is InChI=1S/C15H16Cl2N2O3/c1-14(8-20)9-21-15(22-14,7-19-5-4-18-10-19)12-3-2-11(16)6-13(12)17/h2-6,10,20H,7-9H2,1H3/t14-,15-/m1/s1. The Bertz CT molecular complexity index is 665. The summed E-state index contributed by atoms with van der Waals surface area (Å²) in [5.41, 5.74) is -0.117. The van der Waals surface area contributed by atoms with Crippen LogP contribution in [-0.2, 0) is 21.8 Å². The summed E-state index contributed by atoms with van der Waals surface area (Å²) >= 11 is 12.3. The molecule has 7 heteroatoms. The Morgan fingerprint density at radius 1 is 1.41 bits per heavy atom. The van der Waals surface area contributed by atoms with E-state index < -0.39 is 11.4 Å². The normalized spacial score (nSPS) is 28.2. The predicted molar refractivity (Wildman–Crippen MR) is 82.9 cm³/mol. The van der Waals surface area contributed by atoms with E-state index >= 15 is 0 Å². The third kappa shape index (κ3) is 2.87. The second-order valence-corrected chi connectivity index (χ2v) is 6.45. The second-order valence-electron chi connectivity index (χ2n) is 5.61. The number of benzene rings is 1. The highest BCUT2D eigenvalue weighted by Crippen LogP contribution is 2.43. The first-order chi connectivity index (χ1) is 10.5. The van der Waals surface area contributed by atoms with E-state index in [0.29, 0.717) is 22.2 Å². The zero-order valence-electron chi connectivity index (χ0n) is 12.0. The topological polar surface area (TPSA) is 56.5 Å². The molecule has 0 amide bonds. The van der Waals surface area contributed by atoms with Crippen molar-refractivity contribution in [3.8, 4) is 0 Å². The molecule has 1 N–H and O–H groups in total. The zero-order chi connectivity index (χ0) is 15.8. The number of hydrogen-bond donors (Lipinski definition) is 1. The average molecular weight is 343 g/mol. The number of aliphatic hydroxyl groups excluding tert-OH is 1. The highest BCUT2D eigenvalue weighted by Gasteiger charge is 2.50. The summed E-state index contributed by atoms with van der Waals surface area (Å²) in [5.74, 6) is -1.10. The Morgan fingerprint density at radius 3 is 2.82 bits per heavy atom. The molecule has 0 spiro atoms. The number of halogens is 2. The van der Waals surface area contributed by atoms with Gasteiger partial charge in [-0.15, -0.1) is 0 Å². The number of aromatic nitrogens is 2. The molecule has 2 heterocycles. The summed E-state index contributed by atoms with van der Waals surface area (Å²) in [6.45, 7) is 2.28. The second kappa shape index (κ2) is 5.83. The minimum Gasteiger partial charge on any atom is -0.393 e. The molecule has 118 valence electrons. The lowest BCUT2D eigenvalue weighted by Gasteiger charge is -2.31. The van der Waals surface area contributed by atoms with E-state index in [-0.39, 0.29) is 13.2 Å². The molecule has 0 unspecified atom stereocenters. The minimum atomic E-state index is -1.10. The molecule has 22 heavy (non-hydrogen) atoms. The third-order valence-electron chi connectivity index (χ3n) is 3.65. The molecule has 5 nitrogen and oxygen atoms in total. The molecular weight excluding hydrogens is 327 g/mol. The van der Waals surface area contributed by atoms with Crippen molar-refractivity contribution in [2.24, 2.45) is 0 Å². The molecule has 0 saturated carbocycles. The fourth-order valence-electron chi connectivity index (χ4n) is 2.52. The molecule has 2 atom stereocenters. The first-order valence-electron chi connectivity index (χ1n) is 6.83. The molecular formula is C15H16Cl2N2O3. The number of ether oxygens (including phenoxy) is 2. The fourth-order valence-corrected chi connectivity index (χ4v) is 3.07. The number of nitrogens with zero attached hydrogens (tertiary/aromatic N) is 2. The van der Waals surface area contributed by atoms with Gasteiger partial charge in [-0.1, -0.05) is 29.3 Å². The van der Waals surface area contributed by atoms with Crippen molar-refractivity contribution >= 4 is 23.2 Å². The lowest BCUT2D eigenvalue weighted by molar-refractivity contribution is -0.207. The van der Waals surface area contributed by atoms with Crippen molar-refractivity contribution < 1.29 is 14.6 Å². The first kappa shape index (κ1) is 15.8. The van der Waals surface area contributed by atoms with Crippen molar-refractivity contribution in [3.63, 3.8) is 0 Å². The first-order valence-corrected chi connectivity index (χ1v) is 7.58. The van der Waals surface area contributed by atoms with Gasteiger partial charge in [-0.3, -0.25) is 0 Å². The average Bonchev–Trinajstić information content (AvgIpc) is 3.09. The largest absolute Gasteiger partial charge is 0.393 e. The monoisotopic (exact) mass is 342 g/mol. The van der Waals surface area contributed by atoms with Crippen LogP contribution in [0.2, 0.25) is 10.0 Å². The molecule has 3 rings (SSSR count). The highest BCUT2D eigenvalue weighted by atomic mass is 35.5. The molecule has 0 radical (unpaired) electrons. The Balaban J connectivity index is 2.03. The molecule has 1 aromatic heterocycles. The molecule has 0 bridgehead atoms. The lowest BCUT2D eigenvalue weighted by Crippen LogP contribution is -2.38. The van der Waals surface area contributed by atoms with Gasteiger partial charge in [0.25, 0.3) is 0 Å². The summed E-state index contributed by atoms with van der Waals surface area (Å²) in [6.07, 6.45) is 5.16. The summed E-state index contributed by atoms with van der Waals surface area (Å²) < 4.78 is 13.9. The summed E-state index contributed by atoms with van der Waals surface area (Å²) in [5, 5.41) is 10.6. The van der Waals surface area contributed by atoms with E-state index in [1.807, 2.05) is 10.8 Å². The van der Waals surface area contributed by atoms with Crippen LogP contribution in [0.5, 0.6) is 0 Å². The number of hydrogen-bond acceptors (Lipinski definition) is 4. The summed E-state index contributed by atoms with van der Waals surface area (Å²) in [6, 6.07) is 5.17. The molecule has 1 aliphatic heterocycles. The van der Waals surface area contributed by atoms with Crippen molar-refractivity contribution in [2.75, 3.05) is 13.2 Å². The maximum atomic E-state index is 9.57. The molecule has 1 aliphatic rings. The third-order valence-corrected chi connectivity index (χ3v) is 4.20. The van der Waals surface area contributed by atoms with Crippen molar-refractivity contribution in [2.45, 2.75) is 24.9 Å². The van der Waals surface area contributed by atoms with Gasteiger partial charge in [-0.25, -0.2) is 4.98 Å². The van der Waals surface area contributed by atoms with Crippen LogP contribution in [0.4, 0.5) is 0 Å². The van der Waals surface area contributed by atoms with Crippen LogP contribution in [0.15, 0.2) is 36.9 Å². The lowest BCUT2D eigenvalue weighted by atomic mass is 10.0. The Kier molecular flexibility index (Phi) is 4.18. The van der Waals surface area contributed by atoms with E-state index in [1.165, 1.54) is 0 Å². The highest BCUT2D eigenvalue weighted by molar-refractivity contribution is 6.35. The number of aliphatic hydroxyl groups is 1.